The molecule has 1 aliphatic rings. The standard InChI is InChI=1S/C16H22N2O2/c1-11-5-4-6-14(9-11)10-17-15(19)13(3)18-8-7-12(2)16(18)20/h4-6,9,12-13H,7-8,10H2,1-3H3,(H,17,19). The van der Waals surface area contributed by atoms with E-state index in [4.69, 9.17) is 0 Å². The quantitative estimate of drug-likeness (QED) is 0.911. The Bertz CT molecular complexity index is 513. The van der Waals surface area contributed by atoms with Gasteiger partial charge in [0.05, 0.1) is 0 Å². The van der Waals surface area contributed by atoms with E-state index in [-0.39, 0.29) is 17.7 Å². The number of amides is 2. The monoisotopic (exact) mass is 274 g/mol. The van der Waals surface area contributed by atoms with E-state index in [1.165, 1.54) is 5.56 Å². The molecule has 2 rings (SSSR count). The van der Waals surface area contributed by atoms with Crippen LogP contribution in [0.25, 0.3) is 0 Å². The van der Waals surface area contributed by atoms with Gasteiger partial charge in [-0.25, -0.2) is 0 Å². The second kappa shape index (κ2) is 6.07. The molecule has 1 aliphatic heterocycles. The van der Waals surface area contributed by atoms with Crippen LogP contribution in [0, 0.1) is 12.8 Å². The molecular formula is C16H22N2O2. The van der Waals surface area contributed by atoms with Crippen molar-refractivity contribution in [2.24, 2.45) is 5.92 Å². The molecule has 2 atom stereocenters. The van der Waals surface area contributed by atoms with E-state index >= 15 is 0 Å². The first-order valence-electron chi connectivity index (χ1n) is 7.13. The molecule has 1 saturated heterocycles. The second-order valence-electron chi connectivity index (χ2n) is 5.60. The molecule has 2 unspecified atom stereocenters. The summed E-state index contributed by atoms with van der Waals surface area (Å²) in [5.41, 5.74) is 2.25. The molecule has 108 valence electrons. The third kappa shape index (κ3) is 3.18. The van der Waals surface area contributed by atoms with Crippen LogP contribution in [0.2, 0.25) is 0 Å². The average molecular weight is 274 g/mol. The Morgan fingerprint density at radius 2 is 2.25 bits per heavy atom. The Morgan fingerprint density at radius 3 is 2.85 bits per heavy atom. The van der Waals surface area contributed by atoms with E-state index in [2.05, 4.69) is 5.32 Å². The summed E-state index contributed by atoms with van der Waals surface area (Å²) in [5.74, 6) is 0.0409. The maximum atomic E-state index is 12.1. The van der Waals surface area contributed by atoms with Crippen molar-refractivity contribution in [2.45, 2.75) is 39.8 Å². The van der Waals surface area contributed by atoms with Crippen LogP contribution in [0.5, 0.6) is 0 Å². The van der Waals surface area contributed by atoms with Gasteiger partial charge in [-0.1, -0.05) is 36.8 Å². The van der Waals surface area contributed by atoms with Gasteiger partial charge in [0.15, 0.2) is 0 Å². The maximum absolute atomic E-state index is 12.1. The van der Waals surface area contributed by atoms with Gasteiger partial charge in [-0.2, -0.15) is 0 Å². The molecule has 4 heteroatoms. The molecule has 1 aromatic rings. The topological polar surface area (TPSA) is 49.4 Å². The van der Waals surface area contributed by atoms with E-state index in [1.807, 2.05) is 38.1 Å². The second-order valence-corrected chi connectivity index (χ2v) is 5.60. The molecule has 20 heavy (non-hydrogen) atoms. The molecule has 1 fully saturated rings. The molecule has 2 amide bonds. The van der Waals surface area contributed by atoms with Crippen molar-refractivity contribution >= 4 is 11.8 Å². The van der Waals surface area contributed by atoms with E-state index < -0.39 is 6.04 Å². The van der Waals surface area contributed by atoms with E-state index in [0.29, 0.717) is 13.1 Å². The third-order valence-corrected chi connectivity index (χ3v) is 3.90. The minimum Gasteiger partial charge on any atom is -0.350 e. The predicted molar refractivity (Wildman–Crippen MR) is 78.0 cm³/mol. The van der Waals surface area contributed by atoms with Gasteiger partial charge in [0.25, 0.3) is 0 Å². The zero-order chi connectivity index (χ0) is 14.7. The van der Waals surface area contributed by atoms with Crippen LogP contribution in [-0.4, -0.2) is 29.3 Å². The van der Waals surface area contributed by atoms with Gasteiger partial charge in [0.2, 0.25) is 11.8 Å². The predicted octanol–water partition coefficient (Wildman–Crippen LogP) is 1.87. The number of hydrogen-bond donors (Lipinski definition) is 1. The van der Waals surface area contributed by atoms with Crippen LogP contribution in [0.15, 0.2) is 24.3 Å². The van der Waals surface area contributed by atoms with Crippen LogP contribution in [-0.2, 0) is 16.1 Å². The fourth-order valence-corrected chi connectivity index (χ4v) is 2.53. The highest BCUT2D eigenvalue weighted by Crippen LogP contribution is 2.19. The van der Waals surface area contributed by atoms with Crippen LogP contribution in [0.3, 0.4) is 0 Å². The normalized spacial score (nSPS) is 20.1. The Balaban J connectivity index is 1.90. The van der Waals surface area contributed by atoms with Gasteiger partial charge in [-0.15, -0.1) is 0 Å². The van der Waals surface area contributed by atoms with Crippen LogP contribution in [0.1, 0.15) is 31.4 Å². The lowest BCUT2D eigenvalue weighted by Gasteiger charge is -2.23. The summed E-state index contributed by atoms with van der Waals surface area (Å²) in [5, 5.41) is 2.91. The van der Waals surface area contributed by atoms with Crippen molar-refractivity contribution in [3.8, 4) is 0 Å². The van der Waals surface area contributed by atoms with Crippen molar-refractivity contribution in [1.82, 2.24) is 10.2 Å². The van der Waals surface area contributed by atoms with E-state index in [9.17, 15) is 9.59 Å². The highest BCUT2D eigenvalue weighted by molar-refractivity contribution is 5.89. The van der Waals surface area contributed by atoms with E-state index in [1.54, 1.807) is 11.8 Å². The minimum absolute atomic E-state index is 0.0435. The number of carbonyl (C=O) groups excluding carboxylic acids is 2. The van der Waals surface area contributed by atoms with Crippen LogP contribution in [0.4, 0.5) is 0 Å². The summed E-state index contributed by atoms with van der Waals surface area (Å²) < 4.78 is 0. The highest BCUT2D eigenvalue weighted by Gasteiger charge is 2.33. The molecule has 1 N–H and O–H groups in total. The van der Waals surface area contributed by atoms with Gasteiger partial charge >= 0.3 is 0 Å². The molecule has 1 heterocycles. The number of hydrogen-bond acceptors (Lipinski definition) is 2. The summed E-state index contributed by atoms with van der Waals surface area (Å²) in [6.07, 6.45) is 0.842. The van der Waals surface area contributed by atoms with Crippen molar-refractivity contribution in [3.05, 3.63) is 35.4 Å². The van der Waals surface area contributed by atoms with Gasteiger partial charge < -0.3 is 10.2 Å². The fourth-order valence-electron chi connectivity index (χ4n) is 2.53. The fraction of sp³-hybridized carbons (Fsp3) is 0.500. The third-order valence-electron chi connectivity index (χ3n) is 3.90. The SMILES string of the molecule is Cc1cccc(CNC(=O)C(C)N2CCC(C)C2=O)c1. The van der Waals surface area contributed by atoms with Gasteiger partial charge in [-0.05, 0) is 25.8 Å². The zero-order valence-electron chi connectivity index (χ0n) is 12.3. The average Bonchev–Trinajstić information content (AvgIpc) is 2.76. The largest absolute Gasteiger partial charge is 0.350 e. The Hall–Kier alpha value is -1.84. The Morgan fingerprint density at radius 1 is 1.50 bits per heavy atom. The zero-order valence-corrected chi connectivity index (χ0v) is 12.3. The number of likely N-dealkylation sites (tertiary alicyclic amines) is 1. The summed E-state index contributed by atoms with van der Waals surface area (Å²) in [6, 6.07) is 7.65. The summed E-state index contributed by atoms with van der Waals surface area (Å²) in [4.78, 5) is 25.7. The van der Waals surface area contributed by atoms with Crippen molar-refractivity contribution in [2.75, 3.05) is 6.54 Å². The van der Waals surface area contributed by atoms with Crippen molar-refractivity contribution in [3.63, 3.8) is 0 Å². The number of nitrogens with one attached hydrogen (secondary N) is 1. The lowest BCUT2D eigenvalue weighted by molar-refractivity contribution is -0.138. The molecule has 1 aromatic carbocycles. The number of nitrogens with zero attached hydrogens (tertiary/aromatic N) is 1. The lowest BCUT2D eigenvalue weighted by atomic mass is 10.1. The van der Waals surface area contributed by atoms with Crippen LogP contribution < -0.4 is 5.32 Å². The summed E-state index contributed by atoms with van der Waals surface area (Å²) >= 11 is 0. The van der Waals surface area contributed by atoms with Gasteiger partial charge in [-0.3, -0.25) is 9.59 Å². The molecule has 0 bridgehead atoms. The summed E-state index contributed by atoms with van der Waals surface area (Å²) in [6.45, 7) is 6.92. The Kier molecular flexibility index (Phi) is 4.42. The first-order chi connectivity index (χ1) is 9.49. The molecule has 0 saturated carbocycles. The van der Waals surface area contributed by atoms with Crippen molar-refractivity contribution in [1.29, 1.82) is 0 Å². The maximum Gasteiger partial charge on any atom is 0.242 e. The molecule has 0 aliphatic carbocycles. The van der Waals surface area contributed by atoms with Gasteiger partial charge in [0.1, 0.15) is 6.04 Å². The van der Waals surface area contributed by atoms with Gasteiger partial charge in [0, 0.05) is 19.0 Å². The summed E-state index contributed by atoms with van der Waals surface area (Å²) in [7, 11) is 0. The molecular weight excluding hydrogens is 252 g/mol. The van der Waals surface area contributed by atoms with Crippen LogP contribution >= 0.6 is 0 Å². The Labute approximate surface area is 120 Å². The number of benzene rings is 1. The molecule has 0 spiro atoms. The highest BCUT2D eigenvalue weighted by atomic mass is 16.2. The molecule has 0 radical (unpaired) electrons. The number of rotatable bonds is 4. The first kappa shape index (κ1) is 14.6. The molecule has 0 aromatic heterocycles. The lowest BCUT2D eigenvalue weighted by Crippen LogP contribution is -2.46. The number of carbonyl (C=O) groups is 2. The smallest absolute Gasteiger partial charge is 0.242 e. The first-order valence-corrected chi connectivity index (χ1v) is 7.13. The minimum atomic E-state index is -0.391. The number of aryl methyl sites for hydroxylation is 1. The van der Waals surface area contributed by atoms with E-state index in [0.717, 1.165) is 12.0 Å². The van der Waals surface area contributed by atoms with Crippen molar-refractivity contribution < 1.29 is 9.59 Å². The molecule has 4 nitrogen and oxygen atoms in total.